The molecule has 1 aromatic heterocycles. The smallest absolute Gasteiger partial charge is 0.240 e. The molecule has 2 amide bonds. The van der Waals surface area contributed by atoms with Crippen molar-refractivity contribution in [3.63, 3.8) is 0 Å². The molecule has 2 aromatic rings. The average Bonchev–Trinajstić information content (AvgIpc) is 2.98. The first-order valence-corrected chi connectivity index (χ1v) is 9.48. The molecule has 0 aliphatic carbocycles. The number of amides is 2. The summed E-state index contributed by atoms with van der Waals surface area (Å²) in [6.45, 7) is 2.11. The number of likely N-dealkylation sites (N-methyl/N-ethyl adjacent to an activating group) is 1. The molecule has 0 saturated carbocycles. The first-order valence-electron chi connectivity index (χ1n) is 7.74. The fourth-order valence-electron chi connectivity index (χ4n) is 2.10. The Morgan fingerprint density at radius 2 is 2.04 bits per heavy atom. The van der Waals surface area contributed by atoms with E-state index in [1.54, 1.807) is 22.8 Å². The Bertz CT molecular complexity index is 798. The van der Waals surface area contributed by atoms with E-state index in [4.69, 9.17) is 23.2 Å². The van der Waals surface area contributed by atoms with Crippen molar-refractivity contribution >= 4 is 52.5 Å². The molecule has 26 heavy (non-hydrogen) atoms. The van der Waals surface area contributed by atoms with E-state index in [1.807, 2.05) is 6.92 Å². The molecule has 1 aromatic carbocycles. The molecule has 0 bridgehead atoms. The predicted octanol–water partition coefficient (Wildman–Crippen LogP) is 2.55. The van der Waals surface area contributed by atoms with Crippen LogP contribution in [0.5, 0.6) is 0 Å². The minimum atomic E-state index is -0.258. The number of carbonyl (C=O) groups excluding carboxylic acids is 2. The van der Waals surface area contributed by atoms with Gasteiger partial charge in [-0.15, -0.1) is 0 Å². The first-order chi connectivity index (χ1) is 12.4. The van der Waals surface area contributed by atoms with Gasteiger partial charge in [-0.2, -0.15) is 0 Å². The van der Waals surface area contributed by atoms with Crippen LogP contribution in [-0.4, -0.2) is 38.8 Å². The van der Waals surface area contributed by atoms with Crippen LogP contribution in [0, 0.1) is 0 Å². The first kappa shape index (κ1) is 20.6. The zero-order valence-corrected chi connectivity index (χ0v) is 16.3. The Hall–Kier alpha value is -1.74. The van der Waals surface area contributed by atoms with Crippen LogP contribution >= 0.6 is 35.0 Å². The van der Waals surface area contributed by atoms with E-state index >= 15 is 0 Å². The van der Waals surface area contributed by atoms with Crippen molar-refractivity contribution < 1.29 is 14.7 Å². The van der Waals surface area contributed by atoms with E-state index in [9.17, 15) is 14.7 Å². The number of rotatable bonds is 8. The van der Waals surface area contributed by atoms with Gasteiger partial charge in [-0.25, -0.2) is 4.98 Å². The number of aliphatic hydroxyl groups is 1. The van der Waals surface area contributed by atoms with Crippen LogP contribution in [0.2, 0.25) is 10.0 Å². The molecule has 0 unspecified atom stereocenters. The maximum atomic E-state index is 12.1. The van der Waals surface area contributed by atoms with E-state index in [0.717, 1.165) is 0 Å². The Labute approximate surface area is 165 Å². The van der Waals surface area contributed by atoms with Gasteiger partial charge in [0.15, 0.2) is 5.16 Å². The third-order valence-electron chi connectivity index (χ3n) is 3.27. The molecule has 0 fully saturated rings. The summed E-state index contributed by atoms with van der Waals surface area (Å²) >= 11 is 12.9. The molecular formula is C16H18Cl2N4O3S. The SMILES string of the molecule is CCNC(=O)Cn1c(CO)cnc1SCC(=O)Nc1ccc(Cl)c(Cl)c1. The maximum Gasteiger partial charge on any atom is 0.240 e. The number of nitrogens with one attached hydrogen (secondary N) is 2. The zero-order valence-electron chi connectivity index (χ0n) is 14.0. The lowest BCUT2D eigenvalue weighted by Crippen LogP contribution is -2.28. The second-order valence-electron chi connectivity index (χ2n) is 5.20. The molecule has 0 radical (unpaired) electrons. The molecular weight excluding hydrogens is 399 g/mol. The van der Waals surface area contributed by atoms with Gasteiger partial charge in [0.25, 0.3) is 0 Å². The number of benzene rings is 1. The van der Waals surface area contributed by atoms with Crippen LogP contribution in [0.3, 0.4) is 0 Å². The Kier molecular flexibility index (Phi) is 7.77. The predicted molar refractivity (Wildman–Crippen MR) is 103 cm³/mol. The van der Waals surface area contributed by atoms with Crippen LogP contribution in [0.25, 0.3) is 0 Å². The minimum Gasteiger partial charge on any atom is -0.390 e. The fraction of sp³-hybridized carbons (Fsp3) is 0.312. The van der Waals surface area contributed by atoms with Gasteiger partial charge in [0, 0.05) is 12.2 Å². The van der Waals surface area contributed by atoms with Crippen LogP contribution in [0.1, 0.15) is 12.6 Å². The number of carbonyl (C=O) groups is 2. The number of aliphatic hydroxyl groups excluding tert-OH is 1. The summed E-state index contributed by atoms with van der Waals surface area (Å²) in [5.41, 5.74) is 1.04. The summed E-state index contributed by atoms with van der Waals surface area (Å²) in [6, 6.07) is 4.81. The third kappa shape index (κ3) is 5.63. The molecule has 0 saturated heterocycles. The van der Waals surface area contributed by atoms with E-state index in [1.165, 1.54) is 18.0 Å². The van der Waals surface area contributed by atoms with Crippen LogP contribution in [0.4, 0.5) is 5.69 Å². The summed E-state index contributed by atoms with van der Waals surface area (Å²) in [7, 11) is 0. The molecule has 7 nitrogen and oxygen atoms in total. The summed E-state index contributed by atoms with van der Waals surface area (Å²) < 4.78 is 1.59. The monoisotopic (exact) mass is 416 g/mol. The topological polar surface area (TPSA) is 96.2 Å². The van der Waals surface area contributed by atoms with E-state index in [2.05, 4.69) is 15.6 Å². The number of nitrogens with zero attached hydrogens (tertiary/aromatic N) is 2. The average molecular weight is 417 g/mol. The highest BCUT2D eigenvalue weighted by molar-refractivity contribution is 7.99. The third-order valence-corrected chi connectivity index (χ3v) is 5.00. The highest BCUT2D eigenvalue weighted by Gasteiger charge is 2.15. The number of halogens is 2. The number of thioether (sulfide) groups is 1. The van der Waals surface area contributed by atoms with Crippen molar-refractivity contribution in [1.29, 1.82) is 0 Å². The summed E-state index contributed by atoms with van der Waals surface area (Å²) in [4.78, 5) is 28.1. The van der Waals surface area contributed by atoms with Crippen molar-refractivity contribution in [3.8, 4) is 0 Å². The van der Waals surface area contributed by atoms with Gasteiger partial charge in [-0.05, 0) is 25.1 Å². The second-order valence-corrected chi connectivity index (χ2v) is 6.95. The molecule has 140 valence electrons. The molecule has 2 rings (SSSR count). The van der Waals surface area contributed by atoms with E-state index in [-0.39, 0.29) is 30.7 Å². The van der Waals surface area contributed by atoms with Gasteiger partial charge in [-0.1, -0.05) is 35.0 Å². The molecule has 1 heterocycles. The van der Waals surface area contributed by atoms with Crippen LogP contribution in [0.15, 0.2) is 29.6 Å². The molecule has 0 spiro atoms. The molecule has 3 N–H and O–H groups in total. The highest BCUT2D eigenvalue weighted by atomic mass is 35.5. The summed E-state index contributed by atoms with van der Waals surface area (Å²) in [5.74, 6) is -0.369. The van der Waals surface area contributed by atoms with Crippen LogP contribution < -0.4 is 10.6 Å². The van der Waals surface area contributed by atoms with E-state index in [0.29, 0.717) is 33.1 Å². The lowest BCUT2D eigenvalue weighted by atomic mass is 10.3. The number of hydrogen-bond donors (Lipinski definition) is 3. The quantitative estimate of drug-likeness (QED) is 0.574. The Balaban J connectivity index is 1.99. The lowest BCUT2D eigenvalue weighted by molar-refractivity contribution is -0.121. The molecule has 0 aliphatic heterocycles. The molecule has 0 aliphatic rings. The van der Waals surface area contributed by atoms with Crippen molar-refractivity contribution in [2.45, 2.75) is 25.2 Å². The van der Waals surface area contributed by atoms with Crippen molar-refractivity contribution in [1.82, 2.24) is 14.9 Å². The van der Waals surface area contributed by atoms with Crippen LogP contribution in [-0.2, 0) is 22.7 Å². The maximum absolute atomic E-state index is 12.1. The standard InChI is InChI=1S/C16H18Cl2N4O3S/c1-2-19-14(24)7-22-11(8-23)6-20-16(22)26-9-15(25)21-10-3-4-12(17)13(18)5-10/h3-6,23H,2,7-9H2,1H3,(H,19,24)(H,21,25). The number of imidazole rings is 1. The second kappa shape index (κ2) is 9.82. The van der Waals surface area contributed by atoms with Crippen molar-refractivity contribution in [2.75, 3.05) is 17.6 Å². The summed E-state index contributed by atoms with van der Waals surface area (Å²) in [5, 5.41) is 16.0. The van der Waals surface area contributed by atoms with Gasteiger partial charge >= 0.3 is 0 Å². The highest BCUT2D eigenvalue weighted by Crippen LogP contribution is 2.25. The number of hydrogen-bond acceptors (Lipinski definition) is 5. The lowest BCUT2D eigenvalue weighted by Gasteiger charge is -2.10. The van der Waals surface area contributed by atoms with Gasteiger partial charge in [0.05, 0.1) is 34.3 Å². The Morgan fingerprint density at radius 1 is 1.27 bits per heavy atom. The van der Waals surface area contributed by atoms with E-state index < -0.39 is 0 Å². The minimum absolute atomic E-state index is 0.0283. The fourth-order valence-corrected chi connectivity index (χ4v) is 3.20. The van der Waals surface area contributed by atoms with Gasteiger partial charge in [0.1, 0.15) is 6.54 Å². The Morgan fingerprint density at radius 3 is 2.69 bits per heavy atom. The van der Waals surface area contributed by atoms with Gasteiger partial charge < -0.3 is 20.3 Å². The summed E-state index contributed by atoms with van der Waals surface area (Å²) in [6.07, 6.45) is 1.48. The normalized spacial score (nSPS) is 10.6. The zero-order chi connectivity index (χ0) is 19.1. The molecule has 0 atom stereocenters. The number of aromatic nitrogens is 2. The van der Waals surface area contributed by atoms with Gasteiger partial charge in [-0.3, -0.25) is 9.59 Å². The largest absolute Gasteiger partial charge is 0.390 e. The van der Waals surface area contributed by atoms with Crippen molar-refractivity contribution in [3.05, 3.63) is 40.1 Å². The number of anilines is 1. The van der Waals surface area contributed by atoms with Crippen molar-refractivity contribution in [2.24, 2.45) is 0 Å². The van der Waals surface area contributed by atoms with Gasteiger partial charge in [0.2, 0.25) is 11.8 Å². The molecule has 10 heteroatoms.